The summed E-state index contributed by atoms with van der Waals surface area (Å²) in [6, 6.07) is 1.79. The molecule has 6 heteroatoms. The first-order valence-corrected chi connectivity index (χ1v) is 6.78. The van der Waals surface area contributed by atoms with E-state index in [9.17, 15) is 0 Å². The number of hydrogen-bond donors (Lipinski definition) is 0. The van der Waals surface area contributed by atoms with Gasteiger partial charge in [0.05, 0.1) is 0 Å². The van der Waals surface area contributed by atoms with E-state index >= 15 is 0 Å². The minimum absolute atomic E-state index is 0.0567. The van der Waals surface area contributed by atoms with Crippen molar-refractivity contribution in [1.29, 1.82) is 0 Å². The molecule has 0 N–H and O–H groups in total. The molecular weight excluding hydrogens is 266 g/mol. The second kappa shape index (κ2) is 6.03. The molecule has 106 valence electrons. The lowest BCUT2D eigenvalue weighted by molar-refractivity contribution is -0.00461. The van der Waals surface area contributed by atoms with Crippen LogP contribution in [0.1, 0.15) is 25.6 Å². The van der Waals surface area contributed by atoms with E-state index in [4.69, 9.17) is 21.1 Å². The van der Waals surface area contributed by atoms with Gasteiger partial charge in [-0.15, -0.1) is 0 Å². The molecular formula is C13H20ClN3O2. The molecule has 0 aromatic carbocycles. The summed E-state index contributed by atoms with van der Waals surface area (Å²) in [4.78, 5) is 10.9. The number of methoxy groups -OCH3 is 2. The van der Waals surface area contributed by atoms with Crippen LogP contribution in [0.3, 0.4) is 0 Å². The Morgan fingerprint density at radius 3 is 2.26 bits per heavy atom. The van der Waals surface area contributed by atoms with Crippen molar-refractivity contribution < 1.29 is 9.47 Å². The minimum Gasteiger partial charge on any atom is -0.377 e. The molecule has 0 spiro atoms. The number of rotatable bonds is 4. The SMILES string of the molecule is COC1CN(c2cc(Cl)nc(C(C)C)n2)CC1OC. The largest absolute Gasteiger partial charge is 0.377 e. The average Bonchev–Trinajstić information content (AvgIpc) is 2.81. The van der Waals surface area contributed by atoms with E-state index in [-0.39, 0.29) is 18.1 Å². The van der Waals surface area contributed by atoms with E-state index in [1.165, 1.54) is 0 Å². The van der Waals surface area contributed by atoms with Crippen LogP contribution in [-0.2, 0) is 9.47 Å². The Bertz CT molecular complexity index is 430. The molecule has 1 fully saturated rings. The van der Waals surface area contributed by atoms with E-state index in [0.29, 0.717) is 5.15 Å². The Morgan fingerprint density at radius 2 is 1.79 bits per heavy atom. The van der Waals surface area contributed by atoms with Gasteiger partial charge < -0.3 is 14.4 Å². The summed E-state index contributed by atoms with van der Waals surface area (Å²) in [6.07, 6.45) is 0.113. The molecule has 0 amide bonds. The van der Waals surface area contributed by atoms with Crippen LogP contribution in [0.4, 0.5) is 5.82 Å². The van der Waals surface area contributed by atoms with Crippen LogP contribution in [0.25, 0.3) is 0 Å². The lowest BCUT2D eigenvalue weighted by Gasteiger charge is -2.18. The van der Waals surface area contributed by atoms with Crippen LogP contribution < -0.4 is 4.90 Å². The Morgan fingerprint density at radius 1 is 1.21 bits per heavy atom. The van der Waals surface area contributed by atoms with Gasteiger partial charge in [0.25, 0.3) is 0 Å². The summed E-state index contributed by atoms with van der Waals surface area (Å²) < 4.78 is 10.9. The monoisotopic (exact) mass is 285 g/mol. The van der Waals surface area contributed by atoms with E-state index in [1.807, 2.05) is 0 Å². The van der Waals surface area contributed by atoms with Gasteiger partial charge >= 0.3 is 0 Å². The number of hydrogen-bond acceptors (Lipinski definition) is 5. The first-order chi connectivity index (χ1) is 9.05. The van der Waals surface area contributed by atoms with Crippen LogP contribution in [0.5, 0.6) is 0 Å². The standard InChI is InChI=1S/C13H20ClN3O2/c1-8(2)13-15-11(14)5-12(16-13)17-6-9(18-3)10(7-17)19-4/h5,8-10H,6-7H2,1-4H3. The highest BCUT2D eigenvalue weighted by Gasteiger charge is 2.34. The average molecular weight is 286 g/mol. The lowest BCUT2D eigenvalue weighted by Crippen LogP contribution is -2.27. The molecule has 19 heavy (non-hydrogen) atoms. The highest BCUT2D eigenvalue weighted by atomic mass is 35.5. The number of anilines is 1. The fourth-order valence-corrected chi connectivity index (χ4v) is 2.41. The summed E-state index contributed by atoms with van der Waals surface area (Å²) in [6.45, 7) is 5.60. The molecule has 1 aliphatic heterocycles. The smallest absolute Gasteiger partial charge is 0.135 e. The highest BCUT2D eigenvalue weighted by Crippen LogP contribution is 2.25. The topological polar surface area (TPSA) is 47.5 Å². The van der Waals surface area contributed by atoms with Crippen molar-refractivity contribution in [2.45, 2.75) is 32.0 Å². The molecule has 1 aromatic heterocycles. The molecule has 5 nitrogen and oxygen atoms in total. The number of halogens is 1. The molecule has 0 saturated carbocycles. The predicted molar refractivity (Wildman–Crippen MR) is 74.9 cm³/mol. The quantitative estimate of drug-likeness (QED) is 0.793. The molecule has 0 radical (unpaired) electrons. The number of ether oxygens (including phenoxy) is 2. The van der Waals surface area contributed by atoms with Gasteiger partial charge in [-0.3, -0.25) is 0 Å². The summed E-state index contributed by atoms with van der Waals surface area (Å²) in [5.41, 5.74) is 0. The third-order valence-corrected chi connectivity index (χ3v) is 3.55. The van der Waals surface area contributed by atoms with E-state index in [1.54, 1.807) is 20.3 Å². The zero-order valence-electron chi connectivity index (χ0n) is 11.8. The predicted octanol–water partition coefficient (Wildman–Crippen LogP) is 2.10. The van der Waals surface area contributed by atoms with Gasteiger partial charge in [0, 0.05) is 39.3 Å². The van der Waals surface area contributed by atoms with Gasteiger partial charge in [0.2, 0.25) is 0 Å². The third-order valence-electron chi connectivity index (χ3n) is 3.36. The van der Waals surface area contributed by atoms with Gasteiger partial charge in [0.1, 0.15) is 29.0 Å². The van der Waals surface area contributed by atoms with Gasteiger partial charge in [-0.1, -0.05) is 25.4 Å². The van der Waals surface area contributed by atoms with Crippen LogP contribution in [0.2, 0.25) is 5.15 Å². The van der Waals surface area contributed by atoms with Gasteiger partial charge in [0.15, 0.2) is 0 Å². The Kier molecular flexibility index (Phi) is 4.60. The molecule has 1 aliphatic rings. The summed E-state index contributed by atoms with van der Waals surface area (Å²) >= 11 is 6.07. The van der Waals surface area contributed by atoms with Crippen molar-refractivity contribution in [1.82, 2.24) is 9.97 Å². The zero-order valence-corrected chi connectivity index (χ0v) is 12.5. The summed E-state index contributed by atoms with van der Waals surface area (Å²) in [5, 5.41) is 0.475. The minimum atomic E-state index is 0.0567. The molecule has 2 heterocycles. The third kappa shape index (κ3) is 3.16. The maximum absolute atomic E-state index is 6.07. The molecule has 0 bridgehead atoms. The van der Waals surface area contributed by atoms with Crippen molar-refractivity contribution in [2.24, 2.45) is 0 Å². The first-order valence-electron chi connectivity index (χ1n) is 6.40. The fourth-order valence-electron chi connectivity index (χ4n) is 2.23. The number of nitrogens with zero attached hydrogens (tertiary/aromatic N) is 3. The number of aromatic nitrogens is 2. The van der Waals surface area contributed by atoms with Gasteiger partial charge in [-0.2, -0.15) is 0 Å². The summed E-state index contributed by atoms with van der Waals surface area (Å²) in [7, 11) is 3.40. The van der Waals surface area contributed by atoms with Crippen molar-refractivity contribution >= 4 is 17.4 Å². The normalized spacial score (nSPS) is 23.4. The van der Waals surface area contributed by atoms with Crippen molar-refractivity contribution in [3.63, 3.8) is 0 Å². The molecule has 0 aliphatic carbocycles. The maximum Gasteiger partial charge on any atom is 0.135 e. The molecule has 1 saturated heterocycles. The summed E-state index contributed by atoms with van der Waals surface area (Å²) in [5.74, 6) is 1.85. The Balaban J connectivity index is 2.23. The highest BCUT2D eigenvalue weighted by molar-refractivity contribution is 6.29. The zero-order chi connectivity index (χ0) is 14.0. The van der Waals surface area contributed by atoms with Crippen LogP contribution >= 0.6 is 11.6 Å². The van der Waals surface area contributed by atoms with Crippen LogP contribution in [0, 0.1) is 0 Å². The molecule has 1 aromatic rings. The van der Waals surface area contributed by atoms with Crippen LogP contribution in [-0.4, -0.2) is 49.5 Å². The molecule has 2 rings (SSSR count). The maximum atomic E-state index is 6.07. The van der Waals surface area contributed by atoms with Gasteiger partial charge in [-0.05, 0) is 0 Å². The fraction of sp³-hybridized carbons (Fsp3) is 0.692. The van der Waals surface area contributed by atoms with E-state index < -0.39 is 0 Å². The first kappa shape index (κ1) is 14.5. The second-order valence-electron chi connectivity index (χ2n) is 5.02. The van der Waals surface area contributed by atoms with Gasteiger partial charge in [-0.25, -0.2) is 9.97 Å². The van der Waals surface area contributed by atoms with Crippen molar-refractivity contribution in [3.8, 4) is 0 Å². The van der Waals surface area contributed by atoms with E-state index in [0.717, 1.165) is 24.7 Å². The molecule has 2 unspecified atom stereocenters. The lowest BCUT2D eigenvalue weighted by atomic mass is 10.2. The van der Waals surface area contributed by atoms with Crippen molar-refractivity contribution in [3.05, 3.63) is 17.0 Å². The van der Waals surface area contributed by atoms with E-state index in [2.05, 4.69) is 28.7 Å². The second-order valence-corrected chi connectivity index (χ2v) is 5.40. The van der Waals surface area contributed by atoms with Crippen molar-refractivity contribution in [2.75, 3.05) is 32.2 Å². The Labute approximate surface area is 118 Å². The molecule has 2 atom stereocenters. The van der Waals surface area contributed by atoms with Crippen LogP contribution in [0.15, 0.2) is 6.07 Å². The Hall–Kier alpha value is -0.910.